The fraction of sp³-hybridized carbons (Fsp3) is 0.167. The van der Waals surface area contributed by atoms with Crippen LogP contribution < -0.4 is 5.32 Å². The molecule has 5 nitrogen and oxygen atoms in total. The van der Waals surface area contributed by atoms with Crippen LogP contribution in [-0.4, -0.2) is 20.7 Å². The SMILES string of the molecule is Cn1ncnc1NC(=O)CC(c1ccccc1)c1ccccc1. The second kappa shape index (κ2) is 6.87. The summed E-state index contributed by atoms with van der Waals surface area (Å²) in [7, 11) is 1.74. The van der Waals surface area contributed by atoms with Crippen molar-refractivity contribution in [3.05, 3.63) is 78.1 Å². The fourth-order valence-electron chi connectivity index (χ4n) is 2.57. The van der Waals surface area contributed by atoms with Crippen molar-refractivity contribution in [2.24, 2.45) is 7.05 Å². The molecule has 1 aromatic heterocycles. The number of nitrogens with zero attached hydrogens (tertiary/aromatic N) is 3. The van der Waals surface area contributed by atoms with E-state index >= 15 is 0 Å². The van der Waals surface area contributed by atoms with Gasteiger partial charge < -0.3 is 0 Å². The average molecular weight is 306 g/mol. The van der Waals surface area contributed by atoms with Gasteiger partial charge in [0.05, 0.1) is 0 Å². The largest absolute Gasteiger partial charge is 0.295 e. The lowest BCUT2D eigenvalue weighted by Gasteiger charge is -2.17. The molecule has 2 aromatic carbocycles. The Hall–Kier alpha value is -2.95. The Labute approximate surface area is 135 Å². The molecule has 0 saturated carbocycles. The van der Waals surface area contributed by atoms with Gasteiger partial charge >= 0.3 is 0 Å². The third kappa shape index (κ3) is 3.63. The van der Waals surface area contributed by atoms with Crippen molar-refractivity contribution in [3.8, 4) is 0 Å². The van der Waals surface area contributed by atoms with Gasteiger partial charge in [-0.05, 0) is 11.1 Å². The fourth-order valence-corrected chi connectivity index (χ4v) is 2.57. The van der Waals surface area contributed by atoms with Crippen LogP contribution in [0.2, 0.25) is 0 Å². The minimum atomic E-state index is -0.0844. The smallest absolute Gasteiger partial charge is 0.227 e. The molecular formula is C18H18N4O. The zero-order chi connectivity index (χ0) is 16.1. The van der Waals surface area contributed by atoms with Gasteiger partial charge in [-0.2, -0.15) is 10.1 Å². The highest BCUT2D eigenvalue weighted by molar-refractivity contribution is 5.89. The summed E-state index contributed by atoms with van der Waals surface area (Å²) in [5.74, 6) is 0.374. The van der Waals surface area contributed by atoms with Crippen LogP contribution in [0.25, 0.3) is 0 Å². The van der Waals surface area contributed by atoms with E-state index in [0.29, 0.717) is 12.4 Å². The predicted molar refractivity (Wildman–Crippen MR) is 89.0 cm³/mol. The molecule has 0 radical (unpaired) electrons. The van der Waals surface area contributed by atoms with Crippen molar-refractivity contribution in [1.82, 2.24) is 14.8 Å². The van der Waals surface area contributed by atoms with Gasteiger partial charge in [0.1, 0.15) is 6.33 Å². The molecule has 1 heterocycles. The number of carbonyl (C=O) groups is 1. The first-order valence-electron chi connectivity index (χ1n) is 7.48. The van der Waals surface area contributed by atoms with Crippen LogP contribution in [0.1, 0.15) is 23.5 Å². The maximum absolute atomic E-state index is 12.4. The van der Waals surface area contributed by atoms with Gasteiger partial charge in [0, 0.05) is 19.4 Å². The van der Waals surface area contributed by atoms with Gasteiger partial charge in [-0.15, -0.1) is 0 Å². The quantitative estimate of drug-likeness (QED) is 0.788. The molecule has 1 N–H and O–H groups in total. The molecule has 23 heavy (non-hydrogen) atoms. The lowest BCUT2D eigenvalue weighted by atomic mass is 9.88. The molecule has 0 spiro atoms. The number of amides is 1. The number of hydrogen-bond donors (Lipinski definition) is 1. The third-order valence-corrected chi connectivity index (χ3v) is 3.76. The maximum atomic E-state index is 12.4. The van der Waals surface area contributed by atoms with Crippen molar-refractivity contribution in [2.45, 2.75) is 12.3 Å². The van der Waals surface area contributed by atoms with Crippen LogP contribution in [0.5, 0.6) is 0 Å². The summed E-state index contributed by atoms with van der Waals surface area (Å²) in [5, 5.41) is 6.77. The van der Waals surface area contributed by atoms with Gasteiger partial charge in [-0.3, -0.25) is 10.1 Å². The average Bonchev–Trinajstić information content (AvgIpc) is 2.99. The zero-order valence-corrected chi connectivity index (χ0v) is 12.9. The van der Waals surface area contributed by atoms with Crippen molar-refractivity contribution >= 4 is 11.9 Å². The summed E-state index contributed by atoms with van der Waals surface area (Å²) < 4.78 is 1.54. The number of carbonyl (C=O) groups excluding carboxylic acids is 1. The molecule has 116 valence electrons. The van der Waals surface area contributed by atoms with E-state index in [1.807, 2.05) is 60.7 Å². The molecule has 3 rings (SSSR count). The normalized spacial score (nSPS) is 10.7. The Morgan fingerprint density at radius 1 is 1.04 bits per heavy atom. The number of benzene rings is 2. The monoisotopic (exact) mass is 306 g/mol. The molecule has 3 aromatic rings. The zero-order valence-electron chi connectivity index (χ0n) is 12.9. The highest BCUT2D eigenvalue weighted by Gasteiger charge is 2.19. The number of aryl methyl sites for hydroxylation is 1. The van der Waals surface area contributed by atoms with Crippen LogP contribution >= 0.6 is 0 Å². The van der Waals surface area contributed by atoms with Gasteiger partial charge in [-0.25, -0.2) is 4.68 Å². The van der Waals surface area contributed by atoms with E-state index in [4.69, 9.17) is 0 Å². The van der Waals surface area contributed by atoms with Gasteiger partial charge in [-0.1, -0.05) is 60.7 Å². The Balaban J connectivity index is 1.82. The van der Waals surface area contributed by atoms with Crippen molar-refractivity contribution in [3.63, 3.8) is 0 Å². The second-order valence-corrected chi connectivity index (χ2v) is 5.33. The predicted octanol–water partition coefficient (Wildman–Crippen LogP) is 2.98. The minimum Gasteiger partial charge on any atom is -0.295 e. The van der Waals surface area contributed by atoms with E-state index in [1.54, 1.807) is 7.05 Å². The Kier molecular flexibility index (Phi) is 4.47. The summed E-state index contributed by atoms with van der Waals surface area (Å²) in [6.45, 7) is 0. The van der Waals surface area contributed by atoms with Gasteiger partial charge in [0.25, 0.3) is 0 Å². The van der Waals surface area contributed by atoms with Crippen LogP contribution in [0, 0.1) is 0 Å². The molecule has 0 saturated heterocycles. The molecule has 5 heteroatoms. The van der Waals surface area contributed by atoms with Crippen LogP contribution in [0.4, 0.5) is 5.95 Å². The van der Waals surface area contributed by atoms with Crippen LogP contribution in [-0.2, 0) is 11.8 Å². The number of nitrogens with one attached hydrogen (secondary N) is 1. The summed E-state index contributed by atoms with van der Waals surface area (Å²) in [4.78, 5) is 16.5. The van der Waals surface area contributed by atoms with Crippen molar-refractivity contribution < 1.29 is 4.79 Å². The lowest BCUT2D eigenvalue weighted by molar-refractivity contribution is -0.116. The first-order chi connectivity index (χ1) is 11.2. The first-order valence-corrected chi connectivity index (χ1v) is 7.48. The Morgan fingerprint density at radius 3 is 2.09 bits per heavy atom. The molecular weight excluding hydrogens is 288 g/mol. The second-order valence-electron chi connectivity index (χ2n) is 5.33. The molecule has 0 bridgehead atoms. The molecule has 0 aliphatic heterocycles. The van der Waals surface area contributed by atoms with E-state index in [9.17, 15) is 4.79 Å². The van der Waals surface area contributed by atoms with Crippen LogP contribution in [0.15, 0.2) is 67.0 Å². The molecule has 0 aliphatic carbocycles. The summed E-state index contributed by atoms with van der Waals surface area (Å²) in [6.07, 6.45) is 1.77. The van der Waals surface area contributed by atoms with E-state index in [2.05, 4.69) is 15.4 Å². The van der Waals surface area contributed by atoms with Gasteiger partial charge in [0.15, 0.2) is 0 Å². The van der Waals surface area contributed by atoms with E-state index in [1.165, 1.54) is 11.0 Å². The number of anilines is 1. The molecule has 1 amide bonds. The third-order valence-electron chi connectivity index (χ3n) is 3.76. The minimum absolute atomic E-state index is 0.00521. The number of rotatable bonds is 5. The van der Waals surface area contributed by atoms with E-state index in [-0.39, 0.29) is 11.8 Å². The number of hydrogen-bond acceptors (Lipinski definition) is 3. The summed E-state index contributed by atoms with van der Waals surface area (Å²) in [6, 6.07) is 20.1. The molecule has 0 aliphatic rings. The standard InChI is InChI=1S/C18H18N4O/c1-22-18(19-13-20-22)21-17(23)12-16(14-8-4-2-5-9-14)15-10-6-3-7-11-15/h2-11,13,16H,12H2,1H3,(H,19,20,21,23). The van der Waals surface area contributed by atoms with Gasteiger partial charge in [0.2, 0.25) is 11.9 Å². The topological polar surface area (TPSA) is 59.8 Å². The van der Waals surface area contributed by atoms with E-state index in [0.717, 1.165) is 11.1 Å². The van der Waals surface area contributed by atoms with Crippen LogP contribution in [0.3, 0.4) is 0 Å². The molecule has 0 atom stereocenters. The molecule has 0 fully saturated rings. The highest BCUT2D eigenvalue weighted by Crippen LogP contribution is 2.28. The Morgan fingerprint density at radius 2 is 1.61 bits per heavy atom. The summed E-state index contributed by atoms with van der Waals surface area (Å²) in [5.41, 5.74) is 2.23. The highest BCUT2D eigenvalue weighted by atomic mass is 16.1. The lowest BCUT2D eigenvalue weighted by Crippen LogP contribution is -2.18. The molecule has 0 unspecified atom stereocenters. The summed E-state index contributed by atoms with van der Waals surface area (Å²) >= 11 is 0. The van der Waals surface area contributed by atoms with Crippen molar-refractivity contribution in [2.75, 3.05) is 5.32 Å². The number of aromatic nitrogens is 3. The van der Waals surface area contributed by atoms with Crippen molar-refractivity contribution in [1.29, 1.82) is 0 Å². The Bertz CT molecular complexity index is 728. The first kappa shape index (κ1) is 15.0. The maximum Gasteiger partial charge on any atom is 0.227 e. The van der Waals surface area contributed by atoms with E-state index < -0.39 is 0 Å².